The molecule has 0 unspecified atom stereocenters. The molecule has 3 aromatic rings. The number of nitrogens with one attached hydrogen (secondary N) is 1. The first-order valence-electron chi connectivity index (χ1n) is 8.75. The van der Waals surface area contributed by atoms with Crippen LogP contribution in [0.1, 0.15) is 12.7 Å². The third-order valence-electron chi connectivity index (χ3n) is 3.93. The van der Waals surface area contributed by atoms with Crippen LogP contribution in [0.25, 0.3) is 0 Å². The molecular formula is C19H16Cl3FN4O2S. The van der Waals surface area contributed by atoms with Crippen LogP contribution >= 0.6 is 46.6 Å². The Hall–Kier alpha value is -2.00. The van der Waals surface area contributed by atoms with Crippen molar-refractivity contribution < 1.29 is 13.9 Å². The van der Waals surface area contributed by atoms with Gasteiger partial charge >= 0.3 is 0 Å². The number of ether oxygens (including phenoxy) is 1. The van der Waals surface area contributed by atoms with Gasteiger partial charge in [-0.05, 0) is 31.2 Å². The number of carbonyl (C=O) groups excluding carboxylic acids is 1. The van der Waals surface area contributed by atoms with Crippen molar-refractivity contribution in [2.75, 3.05) is 11.1 Å². The Bertz CT molecular complexity index is 1040. The van der Waals surface area contributed by atoms with E-state index in [4.69, 9.17) is 39.5 Å². The molecule has 6 nitrogen and oxygen atoms in total. The molecular weight excluding hydrogens is 474 g/mol. The Morgan fingerprint density at radius 3 is 2.57 bits per heavy atom. The molecule has 1 aromatic heterocycles. The maximum atomic E-state index is 13.3. The van der Waals surface area contributed by atoms with Crippen LogP contribution in [0, 0.1) is 5.82 Å². The number of thioether (sulfide) groups is 1. The van der Waals surface area contributed by atoms with Gasteiger partial charge in [-0.25, -0.2) is 4.39 Å². The molecule has 0 saturated carbocycles. The van der Waals surface area contributed by atoms with Gasteiger partial charge in [0.1, 0.15) is 18.2 Å². The minimum absolute atomic E-state index is 0.0228. The summed E-state index contributed by atoms with van der Waals surface area (Å²) in [7, 11) is 0. The molecule has 158 valence electrons. The molecule has 0 aliphatic carbocycles. The SMILES string of the molecule is CCn1c(COc2ccc(F)c(Cl)c2)nnc1SCC(=O)Nc1c(Cl)cccc1Cl. The van der Waals surface area contributed by atoms with E-state index >= 15 is 0 Å². The summed E-state index contributed by atoms with van der Waals surface area (Å²) in [6.45, 7) is 2.62. The molecule has 0 radical (unpaired) electrons. The number of anilines is 1. The van der Waals surface area contributed by atoms with Crippen LogP contribution in [0.15, 0.2) is 41.6 Å². The second-order valence-corrected chi connectivity index (χ2v) is 8.11. The van der Waals surface area contributed by atoms with Crippen molar-refractivity contribution in [2.45, 2.75) is 25.2 Å². The van der Waals surface area contributed by atoms with Crippen LogP contribution in [0.2, 0.25) is 15.1 Å². The van der Waals surface area contributed by atoms with Crippen molar-refractivity contribution in [2.24, 2.45) is 0 Å². The van der Waals surface area contributed by atoms with Crippen molar-refractivity contribution in [3.05, 3.63) is 63.1 Å². The van der Waals surface area contributed by atoms with Crippen molar-refractivity contribution in [3.8, 4) is 5.75 Å². The van der Waals surface area contributed by atoms with Gasteiger partial charge < -0.3 is 14.6 Å². The number of amides is 1. The van der Waals surface area contributed by atoms with Gasteiger partial charge in [0.15, 0.2) is 11.0 Å². The minimum Gasteiger partial charge on any atom is -0.486 e. The maximum absolute atomic E-state index is 13.3. The van der Waals surface area contributed by atoms with Crippen molar-refractivity contribution >= 4 is 58.2 Å². The Morgan fingerprint density at radius 1 is 1.17 bits per heavy atom. The summed E-state index contributed by atoms with van der Waals surface area (Å²) in [5.41, 5.74) is 0.371. The summed E-state index contributed by atoms with van der Waals surface area (Å²) in [6.07, 6.45) is 0. The lowest BCUT2D eigenvalue weighted by atomic mass is 10.3. The van der Waals surface area contributed by atoms with E-state index in [1.54, 1.807) is 18.2 Å². The molecule has 0 fully saturated rings. The fraction of sp³-hybridized carbons (Fsp3) is 0.211. The molecule has 11 heteroatoms. The van der Waals surface area contributed by atoms with Gasteiger partial charge in [0.05, 0.1) is 26.5 Å². The van der Waals surface area contributed by atoms with E-state index in [0.29, 0.717) is 39.0 Å². The van der Waals surface area contributed by atoms with Gasteiger partial charge in [-0.1, -0.05) is 52.6 Å². The zero-order valence-electron chi connectivity index (χ0n) is 15.7. The number of aromatic nitrogens is 3. The molecule has 0 aliphatic heterocycles. The largest absolute Gasteiger partial charge is 0.486 e. The molecule has 3 rings (SSSR count). The Kier molecular flexibility index (Phi) is 7.82. The van der Waals surface area contributed by atoms with Crippen LogP contribution in [0.5, 0.6) is 5.75 Å². The van der Waals surface area contributed by atoms with Gasteiger partial charge in [-0.15, -0.1) is 10.2 Å². The molecule has 0 bridgehead atoms. The molecule has 0 atom stereocenters. The molecule has 30 heavy (non-hydrogen) atoms. The number of halogens is 4. The lowest BCUT2D eigenvalue weighted by Gasteiger charge is -2.10. The summed E-state index contributed by atoms with van der Waals surface area (Å²) < 4.78 is 20.7. The van der Waals surface area contributed by atoms with E-state index < -0.39 is 5.82 Å². The molecule has 0 saturated heterocycles. The second-order valence-electron chi connectivity index (χ2n) is 5.94. The number of para-hydroxylation sites is 1. The van der Waals surface area contributed by atoms with Gasteiger partial charge in [0, 0.05) is 12.6 Å². The Morgan fingerprint density at radius 2 is 1.90 bits per heavy atom. The first kappa shape index (κ1) is 22.7. The summed E-state index contributed by atoms with van der Waals surface area (Å²) >= 11 is 19.1. The number of carbonyl (C=O) groups is 1. The Balaban J connectivity index is 1.61. The van der Waals surface area contributed by atoms with E-state index in [0.717, 1.165) is 0 Å². The maximum Gasteiger partial charge on any atom is 0.234 e. The highest BCUT2D eigenvalue weighted by atomic mass is 35.5. The average Bonchev–Trinajstić information content (AvgIpc) is 3.12. The van der Waals surface area contributed by atoms with Crippen molar-refractivity contribution in [1.29, 1.82) is 0 Å². The number of nitrogens with zero attached hydrogens (tertiary/aromatic N) is 3. The van der Waals surface area contributed by atoms with E-state index in [9.17, 15) is 9.18 Å². The van der Waals surface area contributed by atoms with E-state index in [1.807, 2.05) is 11.5 Å². The first-order valence-corrected chi connectivity index (χ1v) is 10.9. The molecule has 1 heterocycles. The smallest absolute Gasteiger partial charge is 0.234 e. The fourth-order valence-electron chi connectivity index (χ4n) is 2.49. The van der Waals surface area contributed by atoms with E-state index in [1.165, 1.54) is 30.0 Å². The number of hydrogen-bond donors (Lipinski definition) is 1. The van der Waals surface area contributed by atoms with E-state index in [-0.39, 0.29) is 23.3 Å². The van der Waals surface area contributed by atoms with Crippen LogP contribution in [0.3, 0.4) is 0 Å². The highest BCUT2D eigenvalue weighted by Crippen LogP contribution is 2.30. The lowest BCUT2D eigenvalue weighted by molar-refractivity contribution is -0.113. The number of rotatable bonds is 8. The minimum atomic E-state index is -0.518. The topological polar surface area (TPSA) is 69.0 Å². The molecule has 0 spiro atoms. The first-order chi connectivity index (χ1) is 14.4. The molecule has 2 aromatic carbocycles. The summed E-state index contributed by atoms with van der Waals surface area (Å²) in [5, 5.41) is 12.2. The highest BCUT2D eigenvalue weighted by molar-refractivity contribution is 7.99. The predicted octanol–water partition coefficient (Wildman–Crippen LogP) is 5.71. The normalized spacial score (nSPS) is 10.8. The van der Waals surface area contributed by atoms with E-state index in [2.05, 4.69) is 15.5 Å². The second kappa shape index (κ2) is 10.3. The van der Waals surface area contributed by atoms with Gasteiger partial charge in [0.25, 0.3) is 0 Å². The zero-order chi connectivity index (χ0) is 21.7. The van der Waals surface area contributed by atoms with Crippen LogP contribution in [-0.2, 0) is 17.9 Å². The monoisotopic (exact) mass is 488 g/mol. The fourth-order valence-corrected chi connectivity index (χ4v) is 3.97. The number of benzene rings is 2. The van der Waals surface area contributed by atoms with Crippen molar-refractivity contribution in [1.82, 2.24) is 14.8 Å². The summed E-state index contributed by atoms with van der Waals surface area (Å²) in [5.74, 6) is 0.274. The van der Waals surface area contributed by atoms with Gasteiger partial charge in [-0.3, -0.25) is 4.79 Å². The summed E-state index contributed by atoms with van der Waals surface area (Å²) in [6, 6.07) is 9.09. The van der Waals surface area contributed by atoms with Gasteiger partial charge in [0.2, 0.25) is 5.91 Å². The van der Waals surface area contributed by atoms with Crippen LogP contribution in [0.4, 0.5) is 10.1 Å². The standard InChI is InChI=1S/C19H16Cl3FN4O2S/c1-2-27-16(9-29-11-6-7-15(23)14(22)8-11)25-26-19(27)30-10-17(28)24-18-12(20)4-3-5-13(18)21/h3-8H,2,9-10H2,1H3,(H,24,28). The predicted molar refractivity (Wildman–Crippen MR) is 117 cm³/mol. The number of hydrogen-bond acceptors (Lipinski definition) is 5. The lowest BCUT2D eigenvalue weighted by Crippen LogP contribution is -2.15. The summed E-state index contributed by atoms with van der Waals surface area (Å²) in [4.78, 5) is 12.3. The highest BCUT2D eigenvalue weighted by Gasteiger charge is 2.15. The average molecular weight is 490 g/mol. The molecule has 1 amide bonds. The van der Waals surface area contributed by atoms with Crippen molar-refractivity contribution in [3.63, 3.8) is 0 Å². The zero-order valence-corrected chi connectivity index (χ0v) is 18.7. The molecule has 1 N–H and O–H groups in total. The third-order valence-corrected chi connectivity index (χ3v) is 5.81. The van der Waals surface area contributed by atoms with Crippen LogP contribution < -0.4 is 10.1 Å². The molecule has 0 aliphatic rings. The van der Waals surface area contributed by atoms with Gasteiger partial charge in [-0.2, -0.15) is 0 Å². The third kappa shape index (κ3) is 5.57. The van der Waals surface area contributed by atoms with Crippen LogP contribution in [-0.4, -0.2) is 26.4 Å². The quantitative estimate of drug-likeness (QED) is 0.411. The Labute approximate surface area is 191 Å².